The van der Waals surface area contributed by atoms with Crippen LogP contribution in [0.25, 0.3) is 0 Å². The van der Waals surface area contributed by atoms with E-state index >= 15 is 0 Å². The van der Waals surface area contributed by atoms with Gasteiger partial charge in [0.2, 0.25) is 0 Å². The molecular formula is C12H15ClN2O2. The Hall–Kier alpha value is -1.10. The van der Waals surface area contributed by atoms with Crippen LogP contribution in [0.3, 0.4) is 0 Å². The smallest absolute Gasteiger partial charge is 0.261 e. The lowest BCUT2D eigenvalue weighted by molar-refractivity contribution is -0.158. The summed E-state index contributed by atoms with van der Waals surface area (Å²) in [5.41, 5.74) is 3.25. The number of rotatable bonds is 2. The third-order valence-electron chi connectivity index (χ3n) is 2.75. The molecule has 4 nitrogen and oxygen atoms in total. The summed E-state index contributed by atoms with van der Waals surface area (Å²) in [6.07, 6.45) is -0.409. The Morgan fingerprint density at radius 1 is 1.35 bits per heavy atom. The van der Waals surface area contributed by atoms with E-state index in [4.69, 9.17) is 16.4 Å². The zero-order valence-corrected chi connectivity index (χ0v) is 10.5. The summed E-state index contributed by atoms with van der Waals surface area (Å²) in [5, 5.41) is 3.76. The normalized spacial score (nSPS) is 24.8. The molecule has 2 atom stereocenters. The largest absolute Gasteiger partial charge is 0.274 e. The van der Waals surface area contributed by atoms with Crippen molar-refractivity contribution in [3.05, 3.63) is 34.9 Å². The first kappa shape index (κ1) is 12.4. The van der Waals surface area contributed by atoms with Crippen LogP contribution in [0.1, 0.15) is 25.6 Å². The number of hydrogen-bond donors (Lipinski definition) is 2. The van der Waals surface area contributed by atoms with Crippen molar-refractivity contribution in [3.63, 3.8) is 0 Å². The molecule has 17 heavy (non-hydrogen) atoms. The van der Waals surface area contributed by atoms with E-state index < -0.39 is 6.23 Å². The molecule has 0 bridgehead atoms. The predicted molar refractivity (Wildman–Crippen MR) is 65.2 cm³/mol. The van der Waals surface area contributed by atoms with Crippen molar-refractivity contribution < 1.29 is 9.63 Å². The molecule has 1 heterocycles. The Balaban J connectivity index is 2.19. The quantitative estimate of drug-likeness (QED) is 0.849. The Labute approximate surface area is 105 Å². The summed E-state index contributed by atoms with van der Waals surface area (Å²) in [6.45, 7) is 3.96. The van der Waals surface area contributed by atoms with Crippen LogP contribution in [0.4, 0.5) is 0 Å². The van der Waals surface area contributed by atoms with Crippen molar-refractivity contribution in [1.82, 2.24) is 10.8 Å². The second kappa shape index (κ2) is 5.04. The highest BCUT2D eigenvalue weighted by Crippen LogP contribution is 2.25. The van der Waals surface area contributed by atoms with Gasteiger partial charge in [-0.1, -0.05) is 43.6 Å². The topological polar surface area (TPSA) is 50.4 Å². The molecule has 92 valence electrons. The fourth-order valence-corrected chi connectivity index (χ4v) is 2.02. The molecule has 0 radical (unpaired) electrons. The number of nitrogens with one attached hydrogen (secondary N) is 2. The van der Waals surface area contributed by atoms with Gasteiger partial charge in [-0.2, -0.15) is 0 Å². The predicted octanol–water partition coefficient (Wildman–Crippen LogP) is 2.01. The molecule has 1 saturated heterocycles. The standard InChI is InChI=1S/C12H15ClN2O2/c1-7(2)10-11(16)15-17-12(14-10)8-5-3-4-6-9(8)13/h3-7,10,12,14H,1-2H3,(H,15,16)/t10-,12?/m0/s1. The summed E-state index contributed by atoms with van der Waals surface area (Å²) in [5.74, 6) is 0.0344. The lowest BCUT2D eigenvalue weighted by Crippen LogP contribution is -2.55. The number of hydrogen-bond acceptors (Lipinski definition) is 3. The van der Waals surface area contributed by atoms with Gasteiger partial charge in [-0.25, -0.2) is 10.3 Å². The number of halogens is 1. The van der Waals surface area contributed by atoms with Gasteiger partial charge in [0.1, 0.15) is 0 Å². The summed E-state index contributed by atoms with van der Waals surface area (Å²) in [6, 6.07) is 7.13. The van der Waals surface area contributed by atoms with E-state index in [1.54, 1.807) is 6.07 Å². The van der Waals surface area contributed by atoms with E-state index in [1.165, 1.54) is 0 Å². The highest BCUT2D eigenvalue weighted by molar-refractivity contribution is 6.31. The van der Waals surface area contributed by atoms with Crippen LogP contribution in [-0.2, 0) is 9.63 Å². The number of amides is 1. The summed E-state index contributed by atoms with van der Waals surface area (Å²) < 4.78 is 0. The first-order valence-electron chi connectivity index (χ1n) is 5.55. The van der Waals surface area contributed by atoms with Gasteiger partial charge in [-0.05, 0) is 12.0 Å². The van der Waals surface area contributed by atoms with Crippen LogP contribution in [0.15, 0.2) is 24.3 Å². The Bertz CT molecular complexity index is 423. The van der Waals surface area contributed by atoms with Gasteiger partial charge in [0.05, 0.1) is 6.04 Å². The van der Waals surface area contributed by atoms with Crippen molar-refractivity contribution in [2.75, 3.05) is 0 Å². The van der Waals surface area contributed by atoms with Gasteiger partial charge in [0.15, 0.2) is 6.23 Å². The molecule has 0 spiro atoms. The van der Waals surface area contributed by atoms with Crippen LogP contribution in [0.2, 0.25) is 5.02 Å². The molecule has 1 amide bonds. The lowest BCUT2D eigenvalue weighted by Gasteiger charge is -2.32. The molecule has 5 heteroatoms. The fourth-order valence-electron chi connectivity index (χ4n) is 1.79. The fraction of sp³-hybridized carbons (Fsp3) is 0.417. The average molecular weight is 255 g/mol. The maximum atomic E-state index is 11.6. The second-order valence-electron chi connectivity index (χ2n) is 4.37. The third-order valence-corrected chi connectivity index (χ3v) is 3.09. The van der Waals surface area contributed by atoms with Crippen LogP contribution >= 0.6 is 11.6 Å². The summed E-state index contributed by atoms with van der Waals surface area (Å²) >= 11 is 6.09. The van der Waals surface area contributed by atoms with E-state index in [2.05, 4.69) is 10.8 Å². The monoisotopic (exact) mass is 254 g/mol. The van der Waals surface area contributed by atoms with Gasteiger partial charge < -0.3 is 0 Å². The number of carbonyl (C=O) groups is 1. The maximum Gasteiger partial charge on any atom is 0.261 e. The number of carbonyl (C=O) groups excluding carboxylic acids is 1. The molecule has 1 fully saturated rings. The summed E-state index contributed by atoms with van der Waals surface area (Å²) in [4.78, 5) is 16.8. The van der Waals surface area contributed by atoms with Crippen LogP contribution < -0.4 is 10.8 Å². The minimum atomic E-state index is -0.409. The molecule has 0 aromatic heterocycles. The third kappa shape index (κ3) is 2.60. The molecule has 0 aliphatic carbocycles. The van der Waals surface area contributed by atoms with Gasteiger partial charge in [-0.3, -0.25) is 10.1 Å². The van der Waals surface area contributed by atoms with E-state index in [9.17, 15) is 4.79 Å². The molecule has 1 unspecified atom stereocenters. The zero-order chi connectivity index (χ0) is 12.4. The van der Waals surface area contributed by atoms with Gasteiger partial charge in [-0.15, -0.1) is 0 Å². The Morgan fingerprint density at radius 2 is 2.06 bits per heavy atom. The van der Waals surface area contributed by atoms with Crippen molar-refractivity contribution in [3.8, 4) is 0 Å². The van der Waals surface area contributed by atoms with Crippen molar-refractivity contribution in [1.29, 1.82) is 0 Å². The van der Waals surface area contributed by atoms with E-state index in [1.807, 2.05) is 32.0 Å². The SMILES string of the molecule is CC(C)[C@@H]1NC(c2ccccc2Cl)ONC1=O. The van der Waals surface area contributed by atoms with Crippen molar-refractivity contribution in [2.45, 2.75) is 26.1 Å². The Morgan fingerprint density at radius 3 is 2.71 bits per heavy atom. The molecule has 2 N–H and O–H groups in total. The highest BCUT2D eigenvalue weighted by atomic mass is 35.5. The first-order chi connectivity index (χ1) is 8.09. The van der Waals surface area contributed by atoms with Gasteiger partial charge >= 0.3 is 0 Å². The van der Waals surface area contributed by atoms with Crippen molar-refractivity contribution >= 4 is 17.5 Å². The van der Waals surface area contributed by atoms with Crippen LogP contribution in [-0.4, -0.2) is 11.9 Å². The van der Waals surface area contributed by atoms with Crippen molar-refractivity contribution in [2.24, 2.45) is 5.92 Å². The molecule has 2 rings (SSSR count). The zero-order valence-electron chi connectivity index (χ0n) is 9.74. The maximum absolute atomic E-state index is 11.6. The molecular weight excluding hydrogens is 240 g/mol. The minimum absolute atomic E-state index is 0.150. The van der Waals surface area contributed by atoms with Crippen LogP contribution in [0, 0.1) is 5.92 Å². The first-order valence-corrected chi connectivity index (χ1v) is 5.93. The lowest BCUT2D eigenvalue weighted by atomic mass is 10.0. The molecule has 1 aliphatic rings. The Kier molecular flexibility index (Phi) is 3.66. The number of benzene rings is 1. The molecule has 0 saturated carbocycles. The van der Waals surface area contributed by atoms with E-state index in [0.29, 0.717) is 5.02 Å². The van der Waals surface area contributed by atoms with E-state index in [-0.39, 0.29) is 17.9 Å². The second-order valence-corrected chi connectivity index (χ2v) is 4.78. The number of hydroxylamine groups is 1. The summed E-state index contributed by atoms with van der Waals surface area (Å²) in [7, 11) is 0. The van der Waals surface area contributed by atoms with Gasteiger partial charge in [0.25, 0.3) is 5.91 Å². The van der Waals surface area contributed by atoms with Gasteiger partial charge in [0, 0.05) is 10.6 Å². The van der Waals surface area contributed by atoms with E-state index in [0.717, 1.165) is 5.56 Å². The molecule has 1 aliphatic heterocycles. The van der Waals surface area contributed by atoms with Crippen LogP contribution in [0.5, 0.6) is 0 Å². The average Bonchev–Trinajstić information content (AvgIpc) is 2.30. The highest BCUT2D eigenvalue weighted by Gasteiger charge is 2.32. The molecule has 1 aromatic carbocycles. The molecule has 1 aromatic rings. The minimum Gasteiger partial charge on any atom is -0.274 e.